The van der Waals surface area contributed by atoms with Crippen LogP contribution in [0.2, 0.25) is 0 Å². The maximum Gasteiger partial charge on any atom is 0.234 e. The zero-order chi connectivity index (χ0) is 8.55. The summed E-state index contributed by atoms with van der Waals surface area (Å²) in [6, 6.07) is 0. The van der Waals surface area contributed by atoms with Gasteiger partial charge in [-0.05, 0) is 18.6 Å². The van der Waals surface area contributed by atoms with Crippen LogP contribution in [0, 0.1) is 0 Å². The Kier molecular flexibility index (Phi) is 1.57. The number of fused-ring (bicyclic) bond motifs is 1. The molecule has 0 aliphatic carbocycles. The van der Waals surface area contributed by atoms with Crippen molar-refractivity contribution in [2.45, 2.75) is 13.3 Å². The third-order valence-corrected chi connectivity index (χ3v) is 2.02. The number of hydrogen-bond acceptors (Lipinski definition) is 2. The molecule has 0 aromatic rings. The molecule has 3 heteroatoms. The molecule has 0 radical (unpaired) electrons. The molecule has 2 rings (SSSR count). The molecule has 0 saturated heterocycles. The lowest BCUT2D eigenvalue weighted by molar-refractivity contribution is -0.125. The van der Waals surface area contributed by atoms with Crippen LogP contribution in [0.5, 0.6) is 0 Å². The number of amides is 1. The van der Waals surface area contributed by atoms with Gasteiger partial charge in [-0.2, -0.15) is 0 Å². The molecule has 0 bridgehead atoms. The highest BCUT2D eigenvalue weighted by Gasteiger charge is 2.23. The third-order valence-electron chi connectivity index (χ3n) is 2.02. The highest BCUT2D eigenvalue weighted by Crippen LogP contribution is 2.15. The third kappa shape index (κ3) is 0.978. The van der Waals surface area contributed by atoms with Crippen molar-refractivity contribution in [1.82, 2.24) is 4.90 Å². The highest BCUT2D eigenvalue weighted by molar-refractivity contribution is 6.10. The van der Waals surface area contributed by atoms with E-state index in [1.165, 1.54) is 0 Å². The molecule has 2 aliphatic heterocycles. The van der Waals surface area contributed by atoms with Crippen molar-refractivity contribution >= 4 is 11.7 Å². The fourth-order valence-corrected chi connectivity index (χ4v) is 1.39. The fraction of sp³-hybridized carbons (Fsp3) is 0.333. The normalized spacial score (nSPS) is 21.8. The summed E-state index contributed by atoms with van der Waals surface area (Å²) >= 11 is 0. The summed E-state index contributed by atoms with van der Waals surface area (Å²) in [5.74, 6) is 0.956. The molecule has 0 fully saturated rings. The van der Waals surface area contributed by atoms with E-state index in [4.69, 9.17) is 0 Å². The van der Waals surface area contributed by atoms with E-state index in [0.717, 1.165) is 11.4 Å². The van der Waals surface area contributed by atoms with Crippen molar-refractivity contribution in [3.05, 3.63) is 23.9 Å². The average molecular weight is 162 g/mol. The van der Waals surface area contributed by atoms with Crippen LogP contribution in [0.3, 0.4) is 0 Å². The molecule has 0 aromatic heterocycles. The molecular weight excluding hydrogens is 152 g/mol. The predicted molar refractivity (Wildman–Crippen MR) is 46.7 cm³/mol. The van der Waals surface area contributed by atoms with Gasteiger partial charge in [0.2, 0.25) is 5.91 Å². The van der Waals surface area contributed by atoms with Gasteiger partial charge in [0.05, 0.1) is 6.54 Å². The van der Waals surface area contributed by atoms with Crippen LogP contribution in [0.4, 0.5) is 0 Å². The van der Waals surface area contributed by atoms with E-state index in [-0.39, 0.29) is 5.91 Å². The minimum absolute atomic E-state index is 0.142. The number of allylic oxidation sites excluding steroid dienone is 2. The number of aliphatic imine (C=N–C) groups is 1. The summed E-state index contributed by atoms with van der Waals surface area (Å²) in [6.07, 6.45) is 6.14. The van der Waals surface area contributed by atoms with Gasteiger partial charge in [0.25, 0.3) is 0 Å². The maximum absolute atomic E-state index is 11.3. The van der Waals surface area contributed by atoms with E-state index >= 15 is 0 Å². The monoisotopic (exact) mass is 162 g/mol. The van der Waals surface area contributed by atoms with Gasteiger partial charge in [-0.1, -0.05) is 6.08 Å². The number of rotatable bonds is 0. The molecule has 0 aromatic carbocycles. The number of carbonyl (C=O) groups excluding carboxylic acids is 1. The Balaban J connectivity index is 2.41. The second-order valence-electron chi connectivity index (χ2n) is 2.91. The first-order chi connectivity index (χ1) is 5.79. The molecule has 0 saturated carbocycles. The summed E-state index contributed by atoms with van der Waals surface area (Å²) in [7, 11) is 0. The lowest BCUT2D eigenvalue weighted by Gasteiger charge is -2.26. The molecule has 12 heavy (non-hydrogen) atoms. The highest BCUT2D eigenvalue weighted by atomic mass is 16.2. The van der Waals surface area contributed by atoms with Crippen molar-refractivity contribution in [1.29, 1.82) is 0 Å². The summed E-state index contributed by atoms with van der Waals surface area (Å²) in [6.45, 7) is 2.59. The van der Waals surface area contributed by atoms with Crippen LogP contribution in [-0.2, 0) is 4.79 Å². The molecule has 62 valence electrons. The standard InChI is InChI=1S/C9H10N2O/c1-7-3-2-6-11-8(12)4-5-10-9(7)11/h2-3,6H,4-5H2,1H3. The number of amidine groups is 1. The van der Waals surface area contributed by atoms with Gasteiger partial charge in [-0.3, -0.25) is 14.7 Å². The molecule has 1 amide bonds. The van der Waals surface area contributed by atoms with E-state index in [1.807, 2.05) is 19.1 Å². The molecular formula is C9H10N2O. The molecule has 2 heterocycles. The van der Waals surface area contributed by atoms with Crippen molar-refractivity contribution in [3.63, 3.8) is 0 Å². The molecule has 3 nitrogen and oxygen atoms in total. The smallest absolute Gasteiger partial charge is 0.234 e. The van der Waals surface area contributed by atoms with Gasteiger partial charge in [-0.25, -0.2) is 0 Å². The number of hydrogen-bond donors (Lipinski definition) is 0. The maximum atomic E-state index is 11.3. The summed E-state index contributed by atoms with van der Waals surface area (Å²) < 4.78 is 0. The molecule has 0 N–H and O–H groups in total. The molecule has 0 spiro atoms. The summed E-state index contributed by atoms with van der Waals surface area (Å²) in [5, 5.41) is 0. The van der Waals surface area contributed by atoms with Crippen molar-refractivity contribution < 1.29 is 4.79 Å². The first-order valence-corrected chi connectivity index (χ1v) is 4.01. The van der Waals surface area contributed by atoms with Crippen LogP contribution < -0.4 is 0 Å². The number of nitrogens with zero attached hydrogens (tertiary/aromatic N) is 2. The van der Waals surface area contributed by atoms with Gasteiger partial charge in [0.15, 0.2) is 0 Å². The Morgan fingerprint density at radius 1 is 1.58 bits per heavy atom. The van der Waals surface area contributed by atoms with E-state index in [0.29, 0.717) is 13.0 Å². The minimum Gasteiger partial charge on any atom is -0.274 e. The largest absolute Gasteiger partial charge is 0.274 e. The van der Waals surface area contributed by atoms with Crippen molar-refractivity contribution in [2.75, 3.05) is 6.54 Å². The van der Waals surface area contributed by atoms with Gasteiger partial charge in [-0.15, -0.1) is 0 Å². The quantitative estimate of drug-likeness (QED) is 0.524. The first kappa shape index (κ1) is 7.28. The van der Waals surface area contributed by atoms with Gasteiger partial charge in [0.1, 0.15) is 5.84 Å². The Labute approximate surface area is 71.1 Å². The zero-order valence-electron chi connectivity index (χ0n) is 6.95. The lowest BCUT2D eigenvalue weighted by atomic mass is 10.1. The average Bonchev–Trinajstić information content (AvgIpc) is 2.07. The SMILES string of the molecule is CC1=CC=CN2C(=O)CCN=C12. The van der Waals surface area contributed by atoms with E-state index in [2.05, 4.69) is 4.99 Å². The molecule has 0 atom stereocenters. The van der Waals surface area contributed by atoms with Crippen LogP contribution in [-0.4, -0.2) is 23.2 Å². The lowest BCUT2D eigenvalue weighted by Crippen LogP contribution is -2.37. The number of carbonyl (C=O) groups is 1. The van der Waals surface area contributed by atoms with Crippen LogP contribution in [0.1, 0.15) is 13.3 Å². The minimum atomic E-state index is 0.142. The summed E-state index contributed by atoms with van der Waals surface area (Å²) in [4.78, 5) is 17.2. The Bertz CT molecular complexity index is 312. The van der Waals surface area contributed by atoms with Gasteiger partial charge < -0.3 is 0 Å². The van der Waals surface area contributed by atoms with Crippen LogP contribution >= 0.6 is 0 Å². The van der Waals surface area contributed by atoms with E-state index in [1.54, 1.807) is 11.1 Å². The van der Waals surface area contributed by atoms with Gasteiger partial charge >= 0.3 is 0 Å². The predicted octanol–water partition coefficient (Wildman–Crippen LogP) is 1.09. The second-order valence-corrected chi connectivity index (χ2v) is 2.91. The topological polar surface area (TPSA) is 32.7 Å². The Morgan fingerprint density at radius 2 is 2.42 bits per heavy atom. The molecule has 0 unspecified atom stereocenters. The van der Waals surface area contributed by atoms with Crippen LogP contribution in [0.15, 0.2) is 28.9 Å². The van der Waals surface area contributed by atoms with Crippen LogP contribution in [0.25, 0.3) is 0 Å². The second kappa shape index (κ2) is 2.59. The fourth-order valence-electron chi connectivity index (χ4n) is 1.39. The van der Waals surface area contributed by atoms with Crippen molar-refractivity contribution in [3.8, 4) is 0 Å². The summed E-state index contributed by atoms with van der Waals surface area (Å²) in [5.41, 5.74) is 1.06. The molecule has 2 aliphatic rings. The zero-order valence-corrected chi connectivity index (χ0v) is 6.95. The first-order valence-electron chi connectivity index (χ1n) is 4.01. The Morgan fingerprint density at radius 3 is 3.17 bits per heavy atom. The van der Waals surface area contributed by atoms with E-state index in [9.17, 15) is 4.79 Å². The van der Waals surface area contributed by atoms with Gasteiger partial charge in [0, 0.05) is 12.6 Å². The van der Waals surface area contributed by atoms with Crippen molar-refractivity contribution in [2.24, 2.45) is 4.99 Å². The van der Waals surface area contributed by atoms with E-state index < -0.39 is 0 Å². The Hall–Kier alpha value is -1.38.